The van der Waals surface area contributed by atoms with Gasteiger partial charge in [-0.15, -0.1) is 11.3 Å². The second-order valence-electron chi connectivity index (χ2n) is 6.81. The molecule has 1 saturated heterocycles. The van der Waals surface area contributed by atoms with Crippen molar-refractivity contribution >= 4 is 29.5 Å². The molecule has 0 aliphatic carbocycles. The molecule has 8 nitrogen and oxygen atoms in total. The summed E-state index contributed by atoms with van der Waals surface area (Å²) in [6.07, 6.45) is 5.10. The Morgan fingerprint density at radius 2 is 2.40 bits per heavy atom. The summed E-state index contributed by atoms with van der Waals surface area (Å²) in [6, 6.07) is 0. The van der Waals surface area contributed by atoms with Gasteiger partial charge in [-0.3, -0.25) is 4.99 Å². The van der Waals surface area contributed by atoms with E-state index in [2.05, 4.69) is 20.3 Å². The monoisotopic (exact) mass is 438 g/mol. The fraction of sp³-hybridized carbons (Fsp3) is 0.474. The van der Waals surface area contributed by atoms with E-state index in [1.165, 1.54) is 17.4 Å². The van der Waals surface area contributed by atoms with E-state index < -0.39 is 12.6 Å². The number of ether oxygens (including phenoxy) is 1. The molecule has 1 atom stereocenters. The van der Waals surface area contributed by atoms with Gasteiger partial charge in [0.25, 0.3) is 0 Å². The summed E-state index contributed by atoms with van der Waals surface area (Å²) in [5.41, 5.74) is 8.18. The van der Waals surface area contributed by atoms with Crippen molar-refractivity contribution in [1.29, 1.82) is 0 Å². The van der Waals surface area contributed by atoms with Gasteiger partial charge < -0.3 is 20.7 Å². The smallest absolute Gasteiger partial charge is 0.407 e. The average molecular weight is 439 g/mol. The molecule has 3 heterocycles. The maximum absolute atomic E-state index is 12.3. The van der Waals surface area contributed by atoms with Gasteiger partial charge in [-0.2, -0.15) is 8.78 Å². The zero-order valence-electron chi connectivity index (χ0n) is 16.6. The van der Waals surface area contributed by atoms with Crippen molar-refractivity contribution in [2.45, 2.75) is 26.3 Å². The number of nitrogens with one attached hydrogen (secondary N) is 1. The van der Waals surface area contributed by atoms with E-state index in [-0.39, 0.29) is 12.5 Å². The molecule has 30 heavy (non-hydrogen) atoms. The molecule has 0 bridgehead atoms. The molecule has 0 radical (unpaired) electrons. The molecule has 162 valence electrons. The fourth-order valence-corrected chi connectivity index (χ4v) is 3.95. The van der Waals surface area contributed by atoms with Crippen molar-refractivity contribution in [3.63, 3.8) is 0 Å². The number of hydrogen-bond donors (Lipinski definition) is 2. The van der Waals surface area contributed by atoms with Crippen LogP contribution in [0.5, 0.6) is 0 Å². The standard InChI is InChI=1S/C19H24F2N6O2S/c1-2-4-25-19(28)29-11-12-8-15-13(14(22)3-5-24-18(20)21)9-26-16(27(15)10-12)17-23-6-7-30-17/h3,5-7,12,18H,2,4,8-11,22H2,1H3,(H,25,28). The first-order valence-corrected chi connectivity index (χ1v) is 10.5. The first-order valence-electron chi connectivity index (χ1n) is 9.61. The summed E-state index contributed by atoms with van der Waals surface area (Å²) in [6.45, 7) is 0.910. The number of nitrogens with two attached hydrogens (primary N) is 1. The van der Waals surface area contributed by atoms with Crippen molar-refractivity contribution in [3.8, 4) is 0 Å². The number of carbonyl (C=O) groups excluding carboxylic acids is 1. The molecule has 2 aliphatic rings. The van der Waals surface area contributed by atoms with Crippen LogP contribution in [0.15, 0.2) is 44.6 Å². The van der Waals surface area contributed by atoms with Gasteiger partial charge in [-0.05, 0) is 18.9 Å². The van der Waals surface area contributed by atoms with E-state index in [0.29, 0.717) is 31.8 Å². The Morgan fingerprint density at radius 3 is 3.10 bits per heavy atom. The molecule has 3 N–H and O–H groups in total. The van der Waals surface area contributed by atoms with Crippen molar-refractivity contribution in [2.75, 3.05) is 26.2 Å². The largest absolute Gasteiger partial charge is 0.449 e. The van der Waals surface area contributed by atoms with Crippen molar-refractivity contribution in [3.05, 3.63) is 39.6 Å². The zero-order valence-corrected chi connectivity index (χ0v) is 17.4. The van der Waals surface area contributed by atoms with Crippen molar-refractivity contribution in [2.24, 2.45) is 21.6 Å². The summed E-state index contributed by atoms with van der Waals surface area (Å²) in [7, 11) is 0. The molecule has 1 amide bonds. The van der Waals surface area contributed by atoms with E-state index in [0.717, 1.165) is 34.7 Å². The Kier molecular flexibility index (Phi) is 7.50. The number of alkyl halides is 2. The molecule has 3 rings (SSSR count). The van der Waals surface area contributed by atoms with E-state index in [1.807, 2.05) is 17.2 Å². The lowest BCUT2D eigenvalue weighted by molar-refractivity contribution is 0.129. The van der Waals surface area contributed by atoms with Gasteiger partial charge in [-0.1, -0.05) is 6.92 Å². The van der Waals surface area contributed by atoms with Crippen LogP contribution in [0.4, 0.5) is 13.6 Å². The molecule has 0 spiro atoms. The van der Waals surface area contributed by atoms with E-state index in [1.54, 1.807) is 6.20 Å². The number of alkyl carbamates (subject to hydrolysis) is 1. The average Bonchev–Trinajstić information content (AvgIpc) is 3.39. The van der Waals surface area contributed by atoms with Crippen LogP contribution in [0.1, 0.15) is 24.8 Å². The maximum atomic E-state index is 12.3. The van der Waals surface area contributed by atoms with Crippen LogP contribution >= 0.6 is 11.3 Å². The number of nitrogens with zero attached hydrogens (tertiary/aromatic N) is 4. The second kappa shape index (κ2) is 10.3. The number of hydrogen-bond acceptors (Lipinski definition) is 8. The predicted molar refractivity (Wildman–Crippen MR) is 112 cm³/mol. The number of thiazole rings is 1. The predicted octanol–water partition coefficient (Wildman–Crippen LogP) is 2.75. The molecule has 1 unspecified atom stereocenters. The number of aliphatic imine (C=N–C) groups is 2. The highest BCUT2D eigenvalue weighted by molar-refractivity contribution is 7.11. The van der Waals surface area contributed by atoms with Gasteiger partial charge in [-0.25, -0.2) is 14.8 Å². The third-order valence-corrected chi connectivity index (χ3v) is 5.40. The first-order chi connectivity index (χ1) is 14.5. The topological polar surface area (TPSA) is 105 Å². The number of allylic oxidation sites excluding steroid dienone is 2. The number of halogens is 2. The normalized spacial score (nSPS) is 19.5. The molecule has 1 aromatic rings. The zero-order chi connectivity index (χ0) is 21.5. The van der Waals surface area contributed by atoms with Gasteiger partial charge in [0, 0.05) is 53.8 Å². The Balaban J connectivity index is 1.78. The van der Waals surface area contributed by atoms with Crippen LogP contribution < -0.4 is 11.1 Å². The maximum Gasteiger partial charge on any atom is 0.407 e. The summed E-state index contributed by atoms with van der Waals surface area (Å²) in [5, 5.41) is 5.35. The lowest BCUT2D eigenvalue weighted by Crippen LogP contribution is -2.34. The van der Waals surface area contributed by atoms with Crippen molar-refractivity contribution in [1.82, 2.24) is 15.2 Å². The quantitative estimate of drug-likeness (QED) is 0.480. The highest BCUT2D eigenvalue weighted by Gasteiger charge is 2.36. The van der Waals surface area contributed by atoms with Gasteiger partial charge in [0.15, 0.2) is 10.8 Å². The molecular weight excluding hydrogens is 414 g/mol. The van der Waals surface area contributed by atoms with Crippen LogP contribution in [-0.2, 0) is 4.74 Å². The summed E-state index contributed by atoms with van der Waals surface area (Å²) < 4.78 is 29.9. The number of aromatic nitrogens is 1. The minimum Gasteiger partial charge on any atom is -0.449 e. The van der Waals surface area contributed by atoms with Gasteiger partial charge in [0.05, 0.1) is 13.2 Å². The molecular formula is C19H24F2N6O2S. The molecule has 11 heteroatoms. The lowest BCUT2D eigenvalue weighted by Gasteiger charge is -2.27. The lowest BCUT2D eigenvalue weighted by atomic mass is 10.0. The number of rotatable bonds is 8. The van der Waals surface area contributed by atoms with Crippen LogP contribution in [0.25, 0.3) is 0 Å². The minimum atomic E-state index is -2.78. The SMILES string of the molecule is CCCNC(=O)OCC1CC2=C(C(N)=CC=NC(F)F)CN=C(c3nccs3)N2C1. The molecule has 1 aromatic heterocycles. The second-order valence-corrected chi connectivity index (χ2v) is 7.70. The van der Waals surface area contributed by atoms with Crippen LogP contribution in [0, 0.1) is 5.92 Å². The fourth-order valence-electron chi connectivity index (χ4n) is 3.29. The highest BCUT2D eigenvalue weighted by Crippen LogP contribution is 2.35. The van der Waals surface area contributed by atoms with Gasteiger partial charge in [0.2, 0.25) is 0 Å². The van der Waals surface area contributed by atoms with Gasteiger partial charge >= 0.3 is 12.6 Å². The number of fused-ring (bicyclic) bond motifs is 1. The van der Waals surface area contributed by atoms with Crippen molar-refractivity contribution < 1.29 is 18.3 Å². The number of amides is 1. The molecule has 0 saturated carbocycles. The Morgan fingerprint density at radius 1 is 1.57 bits per heavy atom. The number of amidine groups is 1. The van der Waals surface area contributed by atoms with E-state index >= 15 is 0 Å². The van der Waals surface area contributed by atoms with Crippen LogP contribution in [0.2, 0.25) is 0 Å². The van der Waals surface area contributed by atoms with Crippen LogP contribution in [-0.4, -0.2) is 60.8 Å². The summed E-state index contributed by atoms with van der Waals surface area (Å²) in [5.74, 6) is 0.795. The van der Waals surface area contributed by atoms with E-state index in [4.69, 9.17) is 10.5 Å². The van der Waals surface area contributed by atoms with E-state index in [9.17, 15) is 13.6 Å². The third-order valence-electron chi connectivity index (χ3n) is 4.63. The summed E-state index contributed by atoms with van der Waals surface area (Å²) in [4.78, 5) is 25.8. The molecule has 1 fully saturated rings. The third kappa shape index (κ3) is 5.41. The minimum absolute atomic E-state index is 0.0492. The Labute approximate surface area is 177 Å². The van der Waals surface area contributed by atoms with Gasteiger partial charge in [0.1, 0.15) is 0 Å². The Bertz CT molecular complexity index is 866. The summed E-state index contributed by atoms with van der Waals surface area (Å²) >= 11 is 1.48. The first kappa shape index (κ1) is 21.9. The molecule has 0 aromatic carbocycles. The highest BCUT2D eigenvalue weighted by atomic mass is 32.1. The molecule has 2 aliphatic heterocycles. The Hall–Kier alpha value is -2.82. The number of carbonyl (C=O) groups is 1. The van der Waals surface area contributed by atoms with Crippen LogP contribution in [0.3, 0.4) is 0 Å².